The summed E-state index contributed by atoms with van der Waals surface area (Å²) >= 11 is 0. The number of alkyl halides is 3. The molecule has 0 aliphatic rings. The molecule has 0 aromatic heterocycles. The molecule has 0 aliphatic carbocycles. The summed E-state index contributed by atoms with van der Waals surface area (Å²) in [5, 5.41) is 1.65. The SMILES string of the molecule is [NH3+]CCNC(=O)C(F)(F)F. The van der Waals surface area contributed by atoms with Crippen LogP contribution in [-0.2, 0) is 4.79 Å². The van der Waals surface area contributed by atoms with E-state index in [1.54, 1.807) is 5.32 Å². The van der Waals surface area contributed by atoms with Crippen LogP contribution in [0.25, 0.3) is 0 Å². The van der Waals surface area contributed by atoms with E-state index in [0.29, 0.717) is 0 Å². The Morgan fingerprint density at radius 2 is 2.00 bits per heavy atom. The fourth-order valence-corrected chi connectivity index (χ4v) is 0.302. The fraction of sp³-hybridized carbons (Fsp3) is 0.750. The van der Waals surface area contributed by atoms with Gasteiger partial charge in [-0.3, -0.25) is 4.79 Å². The Balaban J connectivity index is 3.64. The molecule has 4 N–H and O–H groups in total. The van der Waals surface area contributed by atoms with E-state index in [1.165, 1.54) is 0 Å². The smallest absolute Gasteiger partial charge is 0.356 e. The molecule has 0 saturated carbocycles. The zero-order valence-corrected chi connectivity index (χ0v) is 5.16. The summed E-state index contributed by atoms with van der Waals surface area (Å²) in [5.41, 5.74) is 3.26. The maximum atomic E-state index is 11.3. The number of nitrogens with one attached hydrogen (secondary N) is 1. The van der Waals surface area contributed by atoms with Gasteiger partial charge in [0.25, 0.3) is 0 Å². The number of halogens is 3. The Labute approximate surface area is 55.4 Å². The number of hydrogen-bond acceptors (Lipinski definition) is 1. The fourth-order valence-electron chi connectivity index (χ4n) is 0.302. The second-order valence-corrected chi connectivity index (χ2v) is 1.61. The highest BCUT2D eigenvalue weighted by atomic mass is 19.4. The number of hydrogen-bond donors (Lipinski definition) is 2. The van der Waals surface area contributed by atoms with E-state index >= 15 is 0 Å². The van der Waals surface area contributed by atoms with Crippen molar-refractivity contribution in [1.29, 1.82) is 0 Å². The van der Waals surface area contributed by atoms with Crippen LogP contribution in [0.1, 0.15) is 0 Å². The van der Waals surface area contributed by atoms with Crippen LogP contribution in [-0.4, -0.2) is 25.2 Å². The maximum absolute atomic E-state index is 11.3. The van der Waals surface area contributed by atoms with E-state index in [1.807, 2.05) is 0 Å². The molecular formula is C4H8F3N2O+. The molecule has 0 aliphatic heterocycles. The van der Waals surface area contributed by atoms with E-state index < -0.39 is 12.1 Å². The summed E-state index contributed by atoms with van der Waals surface area (Å²) in [4.78, 5) is 9.96. The molecule has 0 heterocycles. The summed E-state index contributed by atoms with van der Waals surface area (Å²) in [7, 11) is 0. The minimum atomic E-state index is -4.77. The molecule has 0 bridgehead atoms. The first-order valence-corrected chi connectivity index (χ1v) is 2.62. The minimum absolute atomic E-state index is 0.0433. The van der Waals surface area contributed by atoms with Crippen LogP contribution >= 0.6 is 0 Å². The lowest BCUT2D eigenvalue weighted by Crippen LogP contribution is -2.55. The van der Waals surface area contributed by atoms with Gasteiger partial charge in [0.1, 0.15) is 0 Å². The highest BCUT2D eigenvalue weighted by molar-refractivity contribution is 5.81. The summed E-state index contributed by atoms with van der Waals surface area (Å²) in [5.74, 6) is -1.91. The van der Waals surface area contributed by atoms with Crippen LogP contribution < -0.4 is 11.1 Å². The Morgan fingerprint density at radius 3 is 2.30 bits per heavy atom. The van der Waals surface area contributed by atoms with E-state index in [9.17, 15) is 18.0 Å². The van der Waals surface area contributed by atoms with Crippen LogP contribution in [0, 0.1) is 0 Å². The van der Waals surface area contributed by atoms with Gasteiger partial charge in [-0.05, 0) is 0 Å². The van der Waals surface area contributed by atoms with Crippen LogP contribution in [0.4, 0.5) is 13.2 Å². The topological polar surface area (TPSA) is 56.7 Å². The molecule has 1 amide bonds. The third-order valence-corrected chi connectivity index (χ3v) is 0.720. The van der Waals surface area contributed by atoms with E-state index in [-0.39, 0.29) is 13.1 Å². The number of quaternary nitrogens is 1. The van der Waals surface area contributed by atoms with Crippen molar-refractivity contribution in [3.63, 3.8) is 0 Å². The van der Waals surface area contributed by atoms with Crippen LogP contribution in [0.15, 0.2) is 0 Å². The molecule has 0 atom stereocenters. The second-order valence-electron chi connectivity index (χ2n) is 1.61. The van der Waals surface area contributed by atoms with Gasteiger partial charge < -0.3 is 11.1 Å². The van der Waals surface area contributed by atoms with Crippen molar-refractivity contribution < 1.29 is 23.7 Å². The van der Waals surface area contributed by atoms with E-state index in [2.05, 4.69) is 5.73 Å². The molecule has 0 aromatic carbocycles. The largest absolute Gasteiger partial charge is 0.471 e. The van der Waals surface area contributed by atoms with E-state index in [4.69, 9.17) is 0 Å². The summed E-state index contributed by atoms with van der Waals surface area (Å²) in [6.07, 6.45) is -4.77. The monoisotopic (exact) mass is 157 g/mol. The molecule has 0 rings (SSSR count). The average molecular weight is 157 g/mol. The predicted molar refractivity (Wildman–Crippen MR) is 26.8 cm³/mol. The number of carbonyl (C=O) groups is 1. The van der Waals surface area contributed by atoms with Crippen molar-refractivity contribution in [3.05, 3.63) is 0 Å². The molecule has 0 spiro atoms. The first-order valence-electron chi connectivity index (χ1n) is 2.62. The van der Waals surface area contributed by atoms with Crippen molar-refractivity contribution in [2.24, 2.45) is 0 Å². The lowest BCUT2D eigenvalue weighted by atomic mass is 10.5. The quantitative estimate of drug-likeness (QED) is 0.525. The van der Waals surface area contributed by atoms with Crippen LogP contribution in [0.2, 0.25) is 0 Å². The van der Waals surface area contributed by atoms with Gasteiger partial charge in [0.05, 0.1) is 13.1 Å². The van der Waals surface area contributed by atoms with Gasteiger partial charge >= 0.3 is 12.1 Å². The molecule has 10 heavy (non-hydrogen) atoms. The van der Waals surface area contributed by atoms with Gasteiger partial charge in [0.2, 0.25) is 0 Å². The molecule has 6 heteroatoms. The molecule has 60 valence electrons. The number of carbonyl (C=O) groups excluding carboxylic acids is 1. The average Bonchev–Trinajstić information content (AvgIpc) is 1.80. The molecular weight excluding hydrogens is 149 g/mol. The predicted octanol–water partition coefficient (Wildman–Crippen LogP) is -1.09. The summed E-state index contributed by atoms with van der Waals surface area (Å²) in [6.45, 7) is 0.208. The lowest BCUT2D eigenvalue weighted by Gasteiger charge is -2.04. The van der Waals surface area contributed by atoms with Gasteiger partial charge in [0.15, 0.2) is 0 Å². The molecule has 0 saturated heterocycles. The third-order valence-electron chi connectivity index (χ3n) is 0.720. The van der Waals surface area contributed by atoms with Crippen LogP contribution in [0.3, 0.4) is 0 Å². The Bertz CT molecular complexity index is 122. The van der Waals surface area contributed by atoms with Gasteiger partial charge in [-0.15, -0.1) is 0 Å². The van der Waals surface area contributed by atoms with E-state index in [0.717, 1.165) is 0 Å². The standard InChI is InChI=1S/C4H7F3N2O/c5-4(6,7)3(10)9-2-1-8/h1-2,8H2,(H,9,10)/p+1. The van der Waals surface area contributed by atoms with Gasteiger partial charge in [-0.2, -0.15) is 13.2 Å². The number of rotatable bonds is 2. The van der Waals surface area contributed by atoms with Crippen molar-refractivity contribution in [1.82, 2.24) is 5.32 Å². The molecule has 0 radical (unpaired) electrons. The third kappa shape index (κ3) is 3.29. The zero-order chi connectivity index (χ0) is 8.20. The summed E-state index contributed by atoms with van der Waals surface area (Å²) < 4.78 is 34.0. The van der Waals surface area contributed by atoms with Crippen molar-refractivity contribution in [2.75, 3.05) is 13.1 Å². The molecule has 3 nitrogen and oxygen atoms in total. The van der Waals surface area contributed by atoms with Crippen LogP contribution in [0.5, 0.6) is 0 Å². The number of amides is 1. The van der Waals surface area contributed by atoms with Gasteiger partial charge in [-0.1, -0.05) is 0 Å². The summed E-state index contributed by atoms with van der Waals surface area (Å²) in [6, 6.07) is 0. The van der Waals surface area contributed by atoms with Crippen molar-refractivity contribution in [3.8, 4) is 0 Å². The normalized spacial score (nSPS) is 11.2. The minimum Gasteiger partial charge on any atom is -0.356 e. The van der Waals surface area contributed by atoms with Gasteiger partial charge in [0, 0.05) is 0 Å². The molecule has 0 unspecified atom stereocenters. The lowest BCUT2D eigenvalue weighted by molar-refractivity contribution is -0.364. The van der Waals surface area contributed by atoms with Crippen molar-refractivity contribution in [2.45, 2.75) is 6.18 Å². The Morgan fingerprint density at radius 1 is 1.50 bits per heavy atom. The Kier molecular flexibility index (Phi) is 3.14. The van der Waals surface area contributed by atoms with Gasteiger partial charge in [-0.25, -0.2) is 0 Å². The highest BCUT2D eigenvalue weighted by Crippen LogP contribution is 2.13. The first kappa shape index (κ1) is 9.22. The zero-order valence-electron chi connectivity index (χ0n) is 5.16. The maximum Gasteiger partial charge on any atom is 0.471 e. The first-order chi connectivity index (χ1) is 4.48. The highest BCUT2D eigenvalue weighted by Gasteiger charge is 2.38. The molecule has 0 fully saturated rings. The second kappa shape index (κ2) is 3.40. The Hall–Kier alpha value is -0.780. The molecule has 0 aromatic rings. The van der Waals surface area contributed by atoms with Crippen molar-refractivity contribution >= 4 is 5.91 Å².